The molecule has 2 aromatic rings. The van der Waals surface area contributed by atoms with E-state index in [9.17, 15) is 43.2 Å². The molecule has 1 aromatic heterocycles. The number of amides is 9. The van der Waals surface area contributed by atoms with E-state index >= 15 is 0 Å². The van der Waals surface area contributed by atoms with E-state index in [1.54, 1.807) is 62.5 Å². The molecule has 2 saturated heterocycles. The normalized spacial score (nSPS) is 22.7. The van der Waals surface area contributed by atoms with Crippen molar-refractivity contribution in [3.63, 3.8) is 0 Å². The first-order chi connectivity index (χ1) is 32.9. The molecule has 0 aliphatic carbocycles. The Hall–Kier alpha value is -5.59. The molecule has 378 valence electrons. The Balaban J connectivity index is 1.64. The van der Waals surface area contributed by atoms with Gasteiger partial charge in [0.1, 0.15) is 42.3 Å². The van der Waals surface area contributed by atoms with Crippen LogP contribution in [-0.2, 0) is 56.0 Å². The van der Waals surface area contributed by atoms with Crippen LogP contribution in [-0.4, -0.2) is 137 Å². The highest BCUT2D eigenvalue weighted by Crippen LogP contribution is 2.26. The lowest BCUT2D eigenvalue weighted by Gasteiger charge is -2.31. The zero-order chi connectivity index (χ0) is 50.6. The first kappa shape index (κ1) is 56.0. The highest BCUT2D eigenvalue weighted by molar-refractivity contribution is 8.76. The summed E-state index contributed by atoms with van der Waals surface area (Å²) in [5.74, 6) is -7.06. The Labute approximate surface area is 417 Å². The van der Waals surface area contributed by atoms with Crippen LogP contribution in [0.1, 0.15) is 69.7 Å². The lowest BCUT2D eigenvalue weighted by molar-refractivity contribution is -0.142. The topological polar surface area (TPSA) is 329 Å². The van der Waals surface area contributed by atoms with E-state index in [-0.39, 0.29) is 62.7 Å². The largest absolute Gasteiger partial charge is 0.370 e. The second-order valence-electron chi connectivity index (χ2n) is 16.8. The van der Waals surface area contributed by atoms with Crippen LogP contribution in [0.3, 0.4) is 0 Å². The highest BCUT2D eigenvalue weighted by Gasteiger charge is 2.40. The van der Waals surface area contributed by atoms with Gasteiger partial charge in [0, 0.05) is 60.3 Å². The van der Waals surface area contributed by atoms with E-state index in [0.29, 0.717) is 30.0 Å². The maximum Gasteiger partial charge on any atom is 0.246 e. The van der Waals surface area contributed by atoms with Crippen molar-refractivity contribution < 1.29 is 43.2 Å². The van der Waals surface area contributed by atoms with Gasteiger partial charge in [-0.25, -0.2) is 0 Å². The summed E-state index contributed by atoms with van der Waals surface area (Å²) in [6.45, 7) is 5.73. The van der Waals surface area contributed by atoms with Crippen LogP contribution in [0.2, 0.25) is 5.02 Å². The Morgan fingerprint density at radius 3 is 2.20 bits per heavy atom. The number of benzene rings is 1. The van der Waals surface area contributed by atoms with Gasteiger partial charge in [0.15, 0.2) is 5.96 Å². The van der Waals surface area contributed by atoms with Crippen molar-refractivity contribution in [2.24, 2.45) is 17.4 Å². The number of rotatable bonds is 16. The van der Waals surface area contributed by atoms with Crippen molar-refractivity contribution in [2.75, 3.05) is 31.1 Å². The molecule has 1 aromatic carbocycles. The molecular formula is C44H63ClN12O9S3. The molecule has 21 nitrogen and oxygen atoms in total. The smallest absolute Gasteiger partial charge is 0.246 e. The number of hydrogen-bond donors (Lipinski definition) is 11. The third-order valence-corrected chi connectivity index (χ3v) is 14.6. The number of likely N-dealkylation sites (tertiary alicyclic amines) is 1. The molecule has 3 heterocycles. The standard InChI is InChI=1S/C44H63ClN12O9S3/c1-4-49-37(60)28(9-5-16-50-44(47)48)52-41(64)33-10-6-17-57(33)43(66)32-23-69-68-19-15-35(59)51-29(20-25-11-13-26(45)14-12-25)38(61)53-30(21-27-8-7-18-67-27)40(63)56-36(24(2)3)42(65)54-31(22-34(46)58)39(62)55-32/h7-8,11-14,18,24,28-33,36H,4-6,9-10,15-17,19-23H2,1-3H3,(H2,46,58)(H,49,60)(H,51,59)(H,52,64)(H,53,61)(H,54,65)(H,55,62)(H,56,63)(H4,47,48,50)/t28-,29+,30+,31+,32+,33+,36+/m1/s1. The first-order valence-corrected chi connectivity index (χ1v) is 26.4. The number of primary amides is 1. The Bertz CT molecular complexity index is 2140. The van der Waals surface area contributed by atoms with Gasteiger partial charge in [0.25, 0.3) is 0 Å². The lowest BCUT2D eigenvalue weighted by Crippen LogP contribution is -2.61. The summed E-state index contributed by atoms with van der Waals surface area (Å²) in [6, 6.07) is 1.68. The number of likely N-dealkylation sites (N-methyl/N-ethyl adjacent to an activating group) is 1. The van der Waals surface area contributed by atoms with Gasteiger partial charge in [-0.05, 0) is 67.7 Å². The van der Waals surface area contributed by atoms with E-state index in [4.69, 9.17) is 28.5 Å². The van der Waals surface area contributed by atoms with Crippen LogP contribution in [0.4, 0.5) is 0 Å². The fraction of sp³-hybridized carbons (Fsp3) is 0.545. The number of thiophene rings is 1. The SMILES string of the molecule is CCNC(=O)[C@@H](CCCNC(=N)N)NC(=O)[C@@H]1CCCN1C(=O)[C@@H]1CSSCCC(=O)N[C@@H](Cc2ccc(Cl)cc2)C(=O)N[C@@H](Cc2cccs2)C(=O)N[C@@H](C(C)C)C(=O)N[C@@H](CC(N)=O)C(=O)N1. The molecule has 0 bridgehead atoms. The second kappa shape index (κ2) is 28.2. The van der Waals surface area contributed by atoms with E-state index in [1.807, 2.05) is 0 Å². The molecule has 0 radical (unpaired) electrons. The van der Waals surface area contributed by atoms with Crippen molar-refractivity contribution in [1.82, 2.24) is 47.4 Å². The molecule has 13 N–H and O–H groups in total. The minimum Gasteiger partial charge on any atom is -0.370 e. The molecule has 2 fully saturated rings. The summed E-state index contributed by atoms with van der Waals surface area (Å²) in [7, 11) is 2.35. The van der Waals surface area contributed by atoms with Crippen LogP contribution in [0.15, 0.2) is 41.8 Å². The Morgan fingerprint density at radius 2 is 1.55 bits per heavy atom. The van der Waals surface area contributed by atoms with Gasteiger partial charge in [-0.1, -0.05) is 65.2 Å². The van der Waals surface area contributed by atoms with Crippen LogP contribution in [0.5, 0.6) is 0 Å². The lowest BCUT2D eigenvalue weighted by atomic mass is 10.0. The zero-order valence-corrected chi connectivity index (χ0v) is 41.9. The third-order valence-electron chi connectivity index (χ3n) is 11.1. The number of nitrogens with one attached hydrogen (secondary N) is 9. The fourth-order valence-electron chi connectivity index (χ4n) is 7.53. The van der Waals surface area contributed by atoms with Crippen molar-refractivity contribution >= 4 is 104 Å². The van der Waals surface area contributed by atoms with E-state index in [1.165, 1.54) is 27.0 Å². The van der Waals surface area contributed by atoms with Gasteiger partial charge < -0.3 is 58.9 Å². The molecule has 2 aliphatic rings. The van der Waals surface area contributed by atoms with Crippen LogP contribution in [0, 0.1) is 11.3 Å². The summed E-state index contributed by atoms with van der Waals surface area (Å²) in [6.07, 6.45) is 0.575. The fourth-order valence-corrected chi connectivity index (χ4v) is 10.6. The number of hydrogen-bond acceptors (Lipinski definition) is 13. The van der Waals surface area contributed by atoms with E-state index in [2.05, 4.69) is 42.5 Å². The summed E-state index contributed by atoms with van der Waals surface area (Å²) < 4.78 is 0. The molecular weight excluding hydrogens is 972 g/mol. The van der Waals surface area contributed by atoms with E-state index in [0.717, 1.165) is 15.7 Å². The highest BCUT2D eigenvalue weighted by atomic mass is 35.5. The van der Waals surface area contributed by atoms with Crippen molar-refractivity contribution in [1.29, 1.82) is 5.41 Å². The number of nitrogens with zero attached hydrogens (tertiary/aromatic N) is 1. The predicted octanol–water partition coefficient (Wildman–Crippen LogP) is -0.198. The first-order valence-electron chi connectivity index (χ1n) is 22.6. The minimum atomic E-state index is -1.61. The number of nitrogens with two attached hydrogens (primary N) is 2. The summed E-state index contributed by atoms with van der Waals surface area (Å²) in [5.41, 5.74) is 11.6. The maximum atomic E-state index is 14.5. The minimum absolute atomic E-state index is 0.0352. The van der Waals surface area contributed by atoms with Crippen LogP contribution < -0.4 is 54.0 Å². The Kier molecular flexibility index (Phi) is 22.9. The number of carbonyl (C=O) groups excluding carboxylic acids is 9. The molecule has 69 heavy (non-hydrogen) atoms. The van der Waals surface area contributed by atoms with Crippen LogP contribution in [0.25, 0.3) is 0 Å². The molecule has 9 amide bonds. The molecule has 25 heteroatoms. The van der Waals surface area contributed by atoms with Gasteiger partial charge in [-0.2, -0.15) is 0 Å². The quantitative estimate of drug-likeness (QED) is 0.0450. The van der Waals surface area contributed by atoms with Gasteiger partial charge >= 0.3 is 0 Å². The molecule has 7 atom stereocenters. The van der Waals surface area contributed by atoms with Crippen molar-refractivity contribution in [3.8, 4) is 0 Å². The molecule has 2 aliphatic heterocycles. The molecule has 0 unspecified atom stereocenters. The summed E-state index contributed by atoms with van der Waals surface area (Å²) in [4.78, 5) is 126. The van der Waals surface area contributed by atoms with Gasteiger partial charge in [-0.3, -0.25) is 48.6 Å². The van der Waals surface area contributed by atoms with Gasteiger partial charge in [-0.15, -0.1) is 11.3 Å². The average Bonchev–Trinajstić information content (AvgIpc) is 4.01. The number of carbonyl (C=O) groups is 9. The summed E-state index contributed by atoms with van der Waals surface area (Å²) >= 11 is 7.47. The van der Waals surface area contributed by atoms with Gasteiger partial charge in [0.2, 0.25) is 53.2 Å². The van der Waals surface area contributed by atoms with Crippen molar-refractivity contribution in [2.45, 2.75) is 114 Å². The summed E-state index contributed by atoms with van der Waals surface area (Å²) in [5, 5.41) is 31.3. The second-order valence-corrected chi connectivity index (χ2v) is 20.9. The third kappa shape index (κ3) is 18.3. The zero-order valence-electron chi connectivity index (χ0n) is 38.7. The number of halogens is 1. The van der Waals surface area contributed by atoms with Crippen LogP contribution >= 0.6 is 44.5 Å². The average molecular weight is 1040 g/mol. The Morgan fingerprint density at radius 1 is 0.870 bits per heavy atom. The molecule has 0 spiro atoms. The van der Waals surface area contributed by atoms with Gasteiger partial charge in [0.05, 0.1) is 6.42 Å². The molecule has 4 rings (SSSR count). The van der Waals surface area contributed by atoms with Crippen molar-refractivity contribution in [3.05, 3.63) is 57.2 Å². The monoisotopic (exact) mass is 1030 g/mol. The number of guanidine groups is 1. The predicted molar refractivity (Wildman–Crippen MR) is 266 cm³/mol. The van der Waals surface area contributed by atoms with E-state index < -0.39 is 108 Å². The molecule has 0 saturated carbocycles. The maximum absolute atomic E-state index is 14.5.